The first-order valence-corrected chi connectivity index (χ1v) is 7.10. The van der Waals surface area contributed by atoms with Crippen molar-refractivity contribution in [1.29, 1.82) is 0 Å². The summed E-state index contributed by atoms with van der Waals surface area (Å²) in [6.45, 7) is 13.4. The highest BCUT2D eigenvalue weighted by atomic mass is 31.1. The van der Waals surface area contributed by atoms with Gasteiger partial charge in [0.1, 0.15) is 0 Å². The fraction of sp³-hybridized carbons (Fsp3) is 1.00. The molecule has 0 saturated heterocycles. The van der Waals surface area contributed by atoms with Crippen LogP contribution in [0.2, 0.25) is 0 Å². The summed E-state index contributed by atoms with van der Waals surface area (Å²) >= 11 is 0. The molecule has 0 aromatic heterocycles. The molecule has 90 valence electrons. The van der Waals surface area contributed by atoms with Crippen molar-refractivity contribution in [3.63, 3.8) is 0 Å². The van der Waals surface area contributed by atoms with Crippen LogP contribution in [0.4, 0.5) is 0 Å². The highest BCUT2D eigenvalue weighted by Crippen LogP contribution is 2.46. The van der Waals surface area contributed by atoms with Gasteiger partial charge in [-0.2, -0.15) is 0 Å². The second kappa shape index (κ2) is 6.63. The van der Waals surface area contributed by atoms with E-state index < -0.39 is 0 Å². The van der Waals surface area contributed by atoms with Gasteiger partial charge in [0.15, 0.2) is 8.46 Å². The van der Waals surface area contributed by atoms with Gasteiger partial charge in [-0.1, -0.05) is 54.4 Å². The Hall–Kier alpha value is 0.100. The maximum atomic E-state index is 11.7. The van der Waals surface area contributed by atoms with Gasteiger partial charge in [0, 0.05) is 0 Å². The molecule has 1 nitrogen and oxygen atoms in total. The normalized spacial score (nSPS) is 20.2. The Bertz CT molecular complexity index is 179. The van der Waals surface area contributed by atoms with E-state index in [2.05, 4.69) is 41.5 Å². The van der Waals surface area contributed by atoms with Crippen LogP contribution in [0.5, 0.6) is 0 Å². The van der Waals surface area contributed by atoms with Crippen LogP contribution >= 0.6 is 8.46 Å². The molecule has 0 aliphatic carbocycles. The van der Waals surface area contributed by atoms with E-state index in [1.807, 2.05) is 0 Å². The Morgan fingerprint density at radius 2 is 1.40 bits per heavy atom. The van der Waals surface area contributed by atoms with E-state index in [1.54, 1.807) is 0 Å². The third-order valence-electron chi connectivity index (χ3n) is 3.84. The van der Waals surface area contributed by atoms with Gasteiger partial charge in [0.05, 0.1) is 5.16 Å². The molecule has 0 rings (SSSR count). The Kier molecular flexibility index (Phi) is 6.68. The van der Waals surface area contributed by atoms with Gasteiger partial charge in [-0.05, 0) is 24.2 Å². The van der Waals surface area contributed by atoms with E-state index in [9.17, 15) is 4.57 Å². The lowest BCUT2D eigenvalue weighted by atomic mass is 9.75. The van der Waals surface area contributed by atoms with E-state index in [0.717, 1.165) is 19.3 Å². The lowest BCUT2D eigenvalue weighted by Crippen LogP contribution is -2.38. The molecular weight excluding hydrogens is 203 g/mol. The molecule has 0 N–H and O–H groups in total. The van der Waals surface area contributed by atoms with Crippen molar-refractivity contribution in [3.05, 3.63) is 0 Å². The summed E-state index contributed by atoms with van der Waals surface area (Å²) in [6, 6.07) is 0. The van der Waals surface area contributed by atoms with E-state index >= 15 is 0 Å². The van der Waals surface area contributed by atoms with Gasteiger partial charge >= 0.3 is 0 Å². The minimum atomic E-state index is -0.00231. The van der Waals surface area contributed by atoms with Gasteiger partial charge in [0.2, 0.25) is 0 Å². The predicted molar refractivity (Wildman–Crippen MR) is 68.7 cm³/mol. The average molecular weight is 230 g/mol. The standard InChI is InChI=1S/C13H27OP/c1-7-11(5)13(15-14,9-10(3)4)12(6)8-2/h10-12H,7-9H2,1-6H3. The first-order chi connectivity index (χ1) is 6.94. The average Bonchev–Trinajstić information content (AvgIpc) is 2.23. The fourth-order valence-electron chi connectivity index (χ4n) is 2.47. The number of rotatable bonds is 7. The molecule has 0 aliphatic rings. The second-order valence-electron chi connectivity index (χ2n) is 5.30. The van der Waals surface area contributed by atoms with Gasteiger partial charge < -0.3 is 0 Å². The van der Waals surface area contributed by atoms with Gasteiger partial charge in [-0.15, -0.1) is 0 Å². The SMILES string of the molecule is CCC(C)C(CC(C)C)(P=O)C(C)CC. The van der Waals surface area contributed by atoms with Gasteiger partial charge in [0.25, 0.3) is 0 Å². The second-order valence-corrected chi connectivity index (χ2v) is 6.31. The zero-order valence-corrected chi connectivity index (χ0v) is 12.1. The van der Waals surface area contributed by atoms with Crippen molar-refractivity contribution in [3.8, 4) is 0 Å². The Balaban J connectivity index is 5.00. The van der Waals surface area contributed by atoms with Crippen LogP contribution in [0.1, 0.15) is 60.8 Å². The monoisotopic (exact) mass is 230 g/mol. The van der Waals surface area contributed by atoms with E-state index in [4.69, 9.17) is 0 Å². The molecule has 0 aromatic rings. The van der Waals surface area contributed by atoms with Crippen LogP contribution in [-0.2, 0) is 4.57 Å². The summed E-state index contributed by atoms with van der Waals surface area (Å²) in [5, 5.41) is -0.00231. The quantitative estimate of drug-likeness (QED) is 0.552. The molecule has 0 aliphatic heterocycles. The largest absolute Gasteiger partial charge is 0.274 e. The van der Waals surface area contributed by atoms with E-state index in [-0.39, 0.29) is 5.16 Å². The maximum absolute atomic E-state index is 11.7. The molecule has 0 saturated carbocycles. The lowest BCUT2D eigenvalue weighted by Gasteiger charge is -2.39. The predicted octanol–water partition coefficient (Wildman–Crippen LogP) is 5.16. The van der Waals surface area contributed by atoms with Crippen LogP contribution in [0.25, 0.3) is 0 Å². The summed E-state index contributed by atoms with van der Waals surface area (Å²) in [5.41, 5.74) is 0. The molecule has 0 bridgehead atoms. The topological polar surface area (TPSA) is 17.1 Å². The minimum absolute atomic E-state index is 0.00231. The van der Waals surface area contributed by atoms with Crippen molar-refractivity contribution in [2.45, 2.75) is 66.0 Å². The summed E-state index contributed by atoms with van der Waals surface area (Å²) < 4.78 is 11.7. The first kappa shape index (κ1) is 15.1. The smallest absolute Gasteiger partial charge is 0.162 e. The fourth-order valence-corrected chi connectivity index (χ4v) is 3.63. The molecule has 0 radical (unpaired) electrons. The van der Waals surface area contributed by atoms with Crippen molar-refractivity contribution in [2.24, 2.45) is 17.8 Å². The van der Waals surface area contributed by atoms with Crippen LogP contribution in [0.3, 0.4) is 0 Å². The molecule has 0 aromatic carbocycles. The minimum Gasteiger partial charge on any atom is -0.274 e. The van der Waals surface area contributed by atoms with Crippen molar-refractivity contribution in [1.82, 2.24) is 0 Å². The zero-order valence-electron chi connectivity index (χ0n) is 11.2. The zero-order chi connectivity index (χ0) is 12.1. The van der Waals surface area contributed by atoms with E-state index in [0.29, 0.717) is 26.2 Å². The summed E-state index contributed by atoms with van der Waals surface area (Å²) in [4.78, 5) is 0. The molecule has 2 heteroatoms. The molecule has 0 spiro atoms. The number of hydrogen-bond acceptors (Lipinski definition) is 1. The molecular formula is C13H27OP. The van der Waals surface area contributed by atoms with Crippen LogP contribution < -0.4 is 0 Å². The number of hydrogen-bond donors (Lipinski definition) is 0. The van der Waals surface area contributed by atoms with Crippen LogP contribution in [-0.4, -0.2) is 5.16 Å². The van der Waals surface area contributed by atoms with Crippen LogP contribution in [0.15, 0.2) is 0 Å². The third kappa shape index (κ3) is 3.55. The van der Waals surface area contributed by atoms with E-state index in [1.165, 1.54) is 0 Å². The first-order valence-electron chi connectivity index (χ1n) is 6.29. The molecule has 0 fully saturated rings. The molecule has 0 amide bonds. The molecule has 0 heterocycles. The molecule has 15 heavy (non-hydrogen) atoms. The highest BCUT2D eigenvalue weighted by Gasteiger charge is 2.41. The van der Waals surface area contributed by atoms with Gasteiger partial charge in [-0.25, -0.2) is 0 Å². The van der Waals surface area contributed by atoms with Crippen molar-refractivity contribution < 1.29 is 4.57 Å². The van der Waals surface area contributed by atoms with Crippen molar-refractivity contribution in [2.75, 3.05) is 0 Å². The Labute approximate surface area is 97.2 Å². The highest BCUT2D eigenvalue weighted by molar-refractivity contribution is 7.26. The summed E-state index contributed by atoms with van der Waals surface area (Å²) in [6.07, 6.45) is 3.31. The maximum Gasteiger partial charge on any atom is 0.162 e. The van der Waals surface area contributed by atoms with Gasteiger partial charge in [-0.3, -0.25) is 4.57 Å². The Morgan fingerprint density at radius 3 is 1.60 bits per heavy atom. The summed E-state index contributed by atoms with van der Waals surface area (Å²) in [7, 11) is 0.349. The summed E-state index contributed by atoms with van der Waals surface area (Å²) in [5.74, 6) is 1.69. The third-order valence-corrected chi connectivity index (χ3v) is 5.24. The molecule has 2 unspecified atom stereocenters. The van der Waals surface area contributed by atoms with Crippen LogP contribution in [0, 0.1) is 17.8 Å². The Morgan fingerprint density at radius 1 is 1.00 bits per heavy atom. The van der Waals surface area contributed by atoms with Crippen molar-refractivity contribution >= 4 is 8.46 Å². The lowest BCUT2D eigenvalue weighted by molar-refractivity contribution is 0.236. The molecule has 2 atom stereocenters.